The van der Waals surface area contributed by atoms with Gasteiger partial charge in [-0.15, -0.1) is 0 Å². The predicted octanol–water partition coefficient (Wildman–Crippen LogP) is 1.14. The molecule has 4 N–H and O–H groups in total. The lowest BCUT2D eigenvalue weighted by Gasteiger charge is -2.06. The second kappa shape index (κ2) is 3.68. The number of hydrogen-bond donors (Lipinski definition) is 2. The van der Waals surface area contributed by atoms with Crippen LogP contribution in [-0.4, -0.2) is 15.0 Å². The standard InChI is InChI=1S/C10H13N5/c1-2-3-6-4-13-5-7-8(6)9(11)15-10(12)14-7/h4-5H,2-3H2,1H3,(H4,11,12,14,15). The first-order valence-electron chi connectivity index (χ1n) is 4.88. The number of pyridine rings is 1. The van der Waals surface area contributed by atoms with Gasteiger partial charge in [0.05, 0.1) is 11.7 Å². The predicted molar refractivity (Wildman–Crippen MR) is 60.2 cm³/mol. The lowest BCUT2D eigenvalue weighted by molar-refractivity contribution is 0.921. The van der Waals surface area contributed by atoms with Gasteiger partial charge in [0.25, 0.3) is 0 Å². The number of nitrogens with two attached hydrogens (primary N) is 2. The quantitative estimate of drug-likeness (QED) is 0.763. The van der Waals surface area contributed by atoms with Crippen LogP contribution < -0.4 is 11.5 Å². The number of aromatic nitrogens is 3. The topological polar surface area (TPSA) is 90.7 Å². The third-order valence-electron chi connectivity index (χ3n) is 2.25. The minimum atomic E-state index is 0.190. The van der Waals surface area contributed by atoms with Crippen LogP contribution in [0.15, 0.2) is 12.4 Å². The molecule has 15 heavy (non-hydrogen) atoms. The first-order valence-corrected chi connectivity index (χ1v) is 4.88. The molecular formula is C10H13N5. The highest BCUT2D eigenvalue weighted by atomic mass is 15.0. The van der Waals surface area contributed by atoms with Gasteiger partial charge in [-0.05, 0) is 12.0 Å². The highest BCUT2D eigenvalue weighted by Crippen LogP contribution is 2.22. The maximum Gasteiger partial charge on any atom is 0.222 e. The van der Waals surface area contributed by atoms with Gasteiger partial charge in [-0.3, -0.25) is 4.98 Å². The Morgan fingerprint density at radius 3 is 2.73 bits per heavy atom. The molecule has 2 rings (SSSR count). The van der Waals surface area contributed by atoms with Crippen LogP contribution in [-0.2, 0) is 6.42 Å². The maximum absolute atomic E-state index is 5.83. The smallest absolute Gasteiger partial charge is 0.222 e. The Balaban J connectivity index is 2.73. The molecule has 2 heterocycles. The van der Waals surface area contributed by atoms with Gasteiger partial charge in [0.2, 0.25) is 5.95 Å². The molecule has 0 aromatic carbocycles. The van der Waals surface area contributed by atoms with Crippen LogP contribution in [0.4, 0.5) is 11.8 Å². The van der Waals surface area contributed by atoms with Crippen molar-refractivity contribution in [3.05, 3.63) is 18.0 Å². The van der Waals surface area contributed by atoms with Crippen molar-refractivity contribution in [2.75, 3.05) is 11.5 Å². The van der Waals surface area contributed by atoms with Crippen molar-refractivity contribution in [1.82, 2.24) is 15.0 Å². The zero-order valence-electron chi connectivity index (χ0n) is 8.57. The average Bonchev–Trinajstić information content (AvgIpc) is 2.17. The van der Waals surface area contributed by atoms with Crippen molar-refractivity contribution in [3.63, 3.8) is 0 Å². The molecule has 0 unspecified atom stereocenters. The van der Waals surface area contributed by atoms with Gasteiger partial charge >= 0.3 is 0 Å². The lowest BCUT2D eigenvalue weighted by atomic mass is 10.1. The molecule has 0 atom stereocenters. The van der Waals surface area contributed by atoms with E-state index < -0.39 is 0 Å². The Labute approximate surface area is 87.5 Å². The molecule has 0 bridgehead atoms. The number of hydrogen-bond acceptors (Lipinski definition) is 5. The van der Waals surface area contributed by atoms with E-state index in [2.05, 4.69) is 21.9 Å². The first-order chi connectivity index (χ1) is 7.22. The lowest BCUT2D eigenvalue weighted by Crippen LogP contribution is -2.03. The summed E-state index contributed by atoms with van der Waals surface area (Å²) in [6, 6.07) is 0. The van der Waals surface area contributed by atoms with Gasteiger partial charge in [0.15, 0.2) is 0 Å². The number of aryl methyl sites for hydroxylation is 1. The molecule has 0 aliphatic carbocycles. The monoisotopic (exact) mass is 203 g/mol. The minimum Gasteiger partial charge on any atom is -0.383 e. The van der Waals surface area contributed by atoms with Crippen molar-refractivity contribution in [2.24, 2.45) is 0 Å². The molecule has 0 radical (unpaired) electrons. The van der Waals surface area contributed by atoms with Gasteiger partial charge in [0, 0.05) is 11.6 Å². The highest BCUT2D eigenvalue weighted by molar-refractivity contribution is 5.91. The van der Waals surface area contributed by atoms with E-state index in [0.717, 1.165) is 23.8 Å². The summed E-state index contributed by atoms with van der Waals surface area (Å²) in [6.07, 6.45) is 5.41. The van der Waals surface area contributed by atoms with Gasteiger partial charge in [-0.1, -0.05) is 13.3 Å². The fourth-order valence-electron chi connectivity index (χ4n) is 1.66. The summed E-state index contributed by atoms with van der Waals surface area (Å²) < 4.78 is 0. The van der Waals surface area contributed by atoms with Crippen molar-refractivity contribution in [1.29, 1.82) is 0 Å². The fourth-order valence-corrected chi connectivity index (χ4v) is 1.66. The van der Waals surface area contributed by atoms with E-state index in [1.807, 2.05) is 6.20 Å². The van der Waals surface area contributed by atoms with Crippen molar-refractivity contribution in [2.45, 2.75) is 19.8 Å². The molecule has 5 nitrogen and oxygen atoms in total. The van der Waals surface area contributed by atoms with E-state index in [1.165, 1.54) is 0 Å². The Kier molecular flexibility index (Phi) is 2.37. The zero-order valence-corrected chi connectivity index (χ0v) is 8.57. The molecular weight excluding hydrogens is 190 g/mol. The zero-order chi connectivity index (χ0) is 10.8. The van der Waals surface area contributed by atoms with Crippen molar-refractivity contribution >= 4 is 22.7 Å². The molecule has 2 aromatic rings. The molecule has 0 saturated carbocycles. The summed E-state index contributed by atoms with van der Waals surface area (Å²) in [5.74, 6) is 0.624. The van der Waals surface area contributed by atoms with Crippen molar-refractivity contribution in [3.8, 4) is 0 Å². The van der Waals surface area contributed by atoms with Gasteiger partial charge < -0.3 is 11.5 Å². The molecule has 0 saturated heterocycles. The Hall–Kier alpha value is -1.91. The molecule has 2 aromatic heterocycles. The van der Waals surface area contributed by atoms with Crippen LogP contribution in [0.2, 0.25) is 0 Å². The van der Waals surface area contributed by atoms with Crippen LogP contribution in [0, 0.1) is 0 Å². The normalized spacial score (nSPS) is 10.7. The summed E-state index contributed by atoms with van der Waals surface area (Å²) in [4.78, 5) is 12.2. The summed E-state index contributed by atoms with van der Waals surface area (Å²) in [5, 5.41) is 0.876. The highest BCUT2D eigenvalue weighted by Gasteiger charge is 2.07. The molecule has 0 aliphatic rings. The molecule has 0 spiro atoms. The second-order valence-electron chi connectivity index (χ2n) is 3.41. The molecule has 5 heteroatoms. The van der Waals surface area contributed by atoms with Crippen LogP contribution >= 0.6 is 0 Å². The Morgan fingerprint density at radius 2 is 2.00 bits per heavy atom. The minimum absolute atomic E-state index is 0.190. The van der Waals surface area contributed by atoms with Crippen LogP contribution in [0.25, 0.3) is 10.9 Å². The molecule has 0 fully saturated rings. The fraction of sp³-hybridized carbons (Fsp3) is 0.300. The summed E-state index contributed by atoms with van der Waals surface area (Å²) >= 11 is 0. The van der Waals surface area contributed by atoms with Gasteiger partial charge in [-0.2, -0.15) is 4.98 Å². The van der Waals surface area contributed by atoms with E-state index in [1.54, 1.807) is 6.20 Å². The van der Waals surface area contributed by atoms with Crippen LogP contribution in [0.1, 0.15) is 18.9 Å². The van der Waals surface area contributed by atoms with E-state index in [-0.39, 0.29) is 5.95 Å². The molecule has 0 amide bonds. The molecule has 0 aliphatic heterocycles. The van der Waals surface area contributed by atoms with Gasteiger partial charge in [-0.25, -0.2) is 4.98 Å². The number of rotatable bonds is 2. The third-order valence-corrected chi connectivity index (χ3v) is 2.25. The first kappa shape index (κ1) is 9.64. The van der Waals surface area contributed by atoms with Crippen LogP contribution in [0.3, 0.4) is 0 Å². The number of fused-ring (bicyclic) bond motifs is 1. The Bertz CT molecular complexity index is 494. The third kappa shape index (κ3) is 1.68. The number of nitrogens with zero attached hydrogens (tertiary/aromatic N) is 3. The van der Waals surface area contributed by atoms with Gasteiger partial charge in [0.1, 0.15) is 5.82 Å². The second-order valence-corrected chi connectivity index (χ2v) is 3.41. The summed E-state index contributed by atoms with van der Waals surface area (Å²) in [5.41, 5.74) is 13.1. The summed E-state index contributed by atoms with van der Waals surface area (Å²) in [6.45, 7) is 2.10. The van der Waals surface area contributed by atoms with Crippen LogP contribution in [0.5, 0.6) is 0 Å². The van der Waals surface area contributed by atoms with E-state index in [4.69, 9.17) is 11.5 Å². The number of anilines is 2. The van der Waals surface area contributed by atoms with E-state index >= 15 is 0 Å². The van der Waals surface area contributed by atoms with Crippen molar-refractivity contribution < 1.29 is 0 Å². The average molecular weight is 203 g/mol. The summed E-state index contributed by atoms with van der Waals surface area (Å²) in [7, 11) is 0. The molecule has 78 valence electrons. The van der Waals surface area contributed by atoms with E-state index in [9.17, 15) is 0 Å². The SMILES string of the molecule is CCCc1cncc2nc(N)nc(N)c12. The van der Waals surface area contributed by atoms with E-state index in [0.29, 0.717) is 11.3 Å². The number of nitrogen functional groups attached to an aromatic ring is 2. The maximum atomic E-state index is 5.83. The Morgan fingerprint density at radius 1 is 1.20 bits per heavy atom. The largest absolute Gasteiger partial charge is 0.383 e.